The molecule has 0 spiro atoms. The van der Waals surface area contributed by atoms with Crippen molar-refractivity contribution in [2.75, 3.05) is 5.75 Å². The van der Waals surface area contributed by atoms with Gasteiger partial charge in [0.05, 0.1) is 0 Å². The smallest absolute Gasteiger partial charge is 0.321 e. The van der Waals surface area contributed by atoms with Gasteiger partial charge in [0.2, 0.25) is 0 Å². The number of unbranched alkanes of at least 4 members (excludes halogenated alkanes) is 7. The lowest BCUT2D eigenvalue weighted by Gasteiger charge is -2.27. The fourth-order valence-electron chi connectivity index (χ4n) is 1.96. The van der Waals surface area contributed by atoms with Gasteiger partial charge < -0.3 is 10.8 Å². The van der Waals surface area contributed by atoms with Crippen molar-refractivity contribution >= 4 is 17.7 Å². The van der Waals surface area contributed by atoms with Crippen molar-refractivity contribution in [2.45, 2.75) is 82.9 Å². The minimum absolute atomic E-state index is 0.382. The highest BCUT2D eigenvalue weighted by molar-refractivity contribution is 8.00. The number of aliphatic carboxylic acids is 1. The Bertz CT molecular complexity index is 244. The third kappa shape index (κ3) is 9.33. The van der Waals surface area contributed by atoms with Gasteiger partial charge in [0.1, 0.15) is 6.04 Å². The first-order valence-electron chi connectivity index (χ1n) is 7.54. The van der Waals surface area contributed by atoms with E-state index in [1.165, 1.54) is 44.9 Å². The summed E-state index contributed by atoms with van der Waals surface area (Å²) in [6.45, 7) is 6.07. The Balaban J connectivity index is 3.50. The number of carboxylic acid groups (broad SMARTS) is 1. The molecule has 0 heterocycles. The maximum Gasteiger partial charge on any atom is 0.321 e. The van der Waals surface area contributed by atoms with Crippen LogP contribution in [0.2, 0.25) is 0 Å². The van der Waals surface area contributed by atoms with E-state index in [9.17, 15) is 4.79 Å². The van der Waals surface area contributed by atoms with Crippen LogP contribution in [-0.4, -0.2) is 27.6 Å². The van der Waals surface area contributed by atoms with Gasteiger partial charge in [0, 0.05) is 4.75 Å². The van der Waals surface area contributed by atoms with Gasteiger partial charge in [-0.25, -0.2) is 0 Å². The van der Waals surface area contributed by atoms with Crippen molar-refractivity contribution in [3.63, 3.8) is 0 Å². The minimum Gasteiger partial charge on any atom is -0.480 e. The predicted octanol–water partition coefficient (Wildman–Crippen LogP) is 4.05. The van der Waals surface area contributed by atoms with Crippen LogP contribution in [0.25, 0.3) is 0 Å². The first-order valence-corrected chi connectivity index (χ1v) is 8.52. The second-order valence-corrected chi connectivity index (χ2v) is 7.49. The molecular formula is C15H31NO2S. The Labute approximate surface area is 122 Å². The Morgan fingerprint density at radius 1 is 1.11 bits per heavy atom. The highest BCUT2D eigenvalue weighted by Crippen LogP contribution is 2.28. The Kier molecular flexibility index (Phi) is 10.4. The van der Waals surface area contributed by atoms with Crippen LogP contribution in [0.1, 0.15) is 72.1 Å². The summed E-state index contributed by atoms with van der Waals surface area (Å²) < 4.78 is -0.382. The normalized spacial score (nSPS) is 13.5. The summed E-state index contributed by atoms with van der Waals surface area (Å²) in [6.07, 6.45) is 10.4. The van der Waals surface area contributed by atoms with E-state index >= 15 is 0 Å². The lowest BCUT2D eigenvalue weighted by Crippen LogP contribution is -2.46. The fraction of sp³-hybridized carbons (Fsp3) is 0.933. The van der Waals surface area contributed by atoms with E-state index in [1.807, 2.05) is 13.8 Å². The minimum atomic E-state index is -0.909. The molecule has 0 saturated carbocycles. The first-order chi connectivity index (χ1) is 8.91. The summed E-state index contributed by atoms with van der Waals surface area (Å²) in [4.78, 5) is 10.9. The summed E-state index contributed by atoms with van der Waals surface area (Å²) in [5.41, 5.74) is 5.68. The van der Waals surface area contributed by atoms with Crippen LogP contribution in [0.3, 0.4) is 0 Å². The average molecular weight is 289 g/mol. The van der Waals surface area contributed by atoms with Crippen molar-refractivity contribution < 1.29 is 9.90 Å². The van der Waals surface area contributed by atoms with Crippen LogP contribution in [0.5, 0.6) is 0 Å². The third-order valence-electron chi connectivity index (χ3n) is 3.49. The number of hydrogen-bond donors (Lipinski definition) is 2. The van der Waals surface area contributed by atoms with E-state index in [-0.39, 0.29) is 4.75 Å². The molecule has 0 radical (unpaired) electrons. The standard InChI is InChI=1S/C15H31NO2S/c1-4-5-6-7-8-9-10-11-12-19-15(2,3)13(16)14(17)18/h13H,4-12,16H2,1-3H3,(H,17,18)/t13-/m0/s1. The zero-order valence-electron chi connectivity index (χ0n) is 12.8. The van der Waals surface area contributed by atoms with Gasteiger partial charge >= 0.3 is 5.97 Å². The zero-order chi connectivity index (χ0) is 14.7. The predicted molar refractivity (Wildman–Crippen MR) is 84.8 cm³/mol. The lowest BCUT2D eigenvalue weighted by molar-refractivity contribution is -0.139. The van der Waals surface area contributed by atoms with Crippen molar-refractivity contribution in [3.05, 3.63) is 0 Å². The fourth-order valence-corrected chi connectivity index (χ4v) is 3.11. The maximum absolute atomic E-state index is 10.9. The molecule has 0 aromatic rings. The highest BCUT2D eigenvalue weighted by Gasteiger charge is 2.32. The van der Waals surface area contributed by atoms with Crippen molar-refractivity contribution in [3.8, 4) is 0 Å². The van der Waals surface area contributed by atoms with Gasteiger partial charge in [-0.3, -0.25) is 4.79 Å². The number of rotatable bonds is 12. The summed E-state index contributed by atoms with van der Waals surface area (Å²) >= 11 is 1.68. The van der Waals surface area contributed by atoms with E-state index in [2.05, 4.69) is 6.92 Å². The molecule has 0 aromatic heterocycles. The number of carbonyl (C=O) groups is 1. The summed E-state index contributed by atoms with van der Waals surface area (Å²) in [6, 6.07) is -0.786. The van der Waals surface area contributed by atoms with Crippen LogP contribution in [0, 0.1) is 0 Å². The number of carboxylic acids is 1. The summed E-state index contributed by atoms with van der Waals surface area (Å²) in [5, 5.41) is 8.92. The quantitative estimate of drug-likeness (QED) is 0.532. The molecule has 1 atom stereocenters. The molecule has 0 aliphatic carbocycles. The molecule has 0 bridgehead atoms. The highest BCUT2D eigenvalue weighted by atomic mass is 32.2. The second kappa shape index (κ2) is 10.6. The van der Waals surface area contributed by atoms with Crippen molar-refractivity contribution in [2.24, 2.45) is 5.73 Å². The molecule has 114 valence electrons. The molecule has 0 rings (SSSR count). The van der Waals surface area contributed by atoms with Crippen molar-refractivity contribution in [1.82, 2.24) is 0 Å². The van der Waals surface area contributed by atoms with Gasteiger partial charge in [-0.15, -0.1) is 0 Å². The molecular weight excluding hydrogens is 258 g/mol. The molecule has 0 unspecified atom stereocenters. The topological polar surface area (TPSA) is 63.3 Å². The Hall–Kier alpha value is -0.220. The van der Waals surface area contributed by atoms with Crippen molar-refractivity contribution in [1.29, 1.82) is 0 Å². The van der Waals surface area contributed by atoms with E-state index < -0.39 is 12.0 Å². The average Bonchev–Trinajstić information content (AvgIpc) is 2.35. The monoisotopic (exact) mass is 289 g/mol. The lowest BCUT2D eigenvalue weighted by atomic mass is 10.1. The third-order valence-corrected chi connectivity index (χ3v) is 4.98. The van der Waals surface area contributed by atoms with E-state index in [0.29, 0.717) is 0 Å². The number of nitrogens with two attached hydrogens (primary N) is 1. The van der Waals surface area contributed by atoms with Crippen LogP contribution >= 0.6 is 11.8 Å². The van der Waals surface area contributed by atoms with Gasteiger partial charge in [0.15, 0.2) is 0 Å². The van der Waals surface area contributed by atoms with E-state index in [0.717, 1.165) is 12.2 Å². The molecule has 4 heteroatoms. The molecule has 3 N–H and O–H groups in total. The van der Waals surface area contributed by atoms with Crippen LogP contribution in [0.4, 0.5) is 0 Å². The summed E-state index contributed by atoms with van der Waals surface area (Å²) in [7, 11) is 0. The molecule has 0 fully saturated rings. The molecule has 19 heavy (non-hydrogen) atoms. The van der Waals surface area contributed by atoms with Crippen LogP contribution in [-0.2, 0) is 4.79 Å². The molecule has 0 aromatic carbocycles. The van der Waals surface area contributed by atoms with E-state index in [1.54, 1.807) is 11.8 Å². The van der Waals surface area contributed by atoms with Crippen LogP contribution < -0.4 is 5.73 Å². The van der Waals surface area contributed by atoms with Gasteiger partial charge in [-0.05, 0) is 26.0 Å². The SMILES string of the molecule is CCCCCCCCCCSC(C)(C)[C@@H](N)C(=O)O. The van der Waals surface area contributed by atoms with Crippen LogP contribution in [0.15, 0.2) is 0 Å². The van der Waals surface area contributed by atoms with E-state index in [4.69, 9.17) is 10.8 Å². The zero-order valence-corrected chi connectivity index (χ0v) is 13.6. The summed E-state index contributed by atoms with van der Waals surface area (Å²) in [5.74, 6) is 0.0941. The Morgan fingerprint density at radius 2 is 1.58 bits per heavy atom. The number of hydrogen-bond acceptors (Lipinski definition) is 3. The molecule has 0 aliphatic heterocycles. The Morgan fingerprint density at radius 3 is 2.05 bits per heavy atom. The first kappa shape index (κ1) is 18.8. The van der Waals surface area contributed by atoms with Gasteiger partial charge in [0.25, 0.3) is 0 Å². The molecule has 0 saturated heterocycles. The molecule has 3 nitrogen and oxygen atoms in total. The largest absolute Gasteiger partial charge is 0.480 e. The molecule has 0 amide bonds. The maximum atomic E-state index is 10.9. The number of thioether (sulfide) groups is 1. The van der Waals surface area contributed by atoms with Gasteiger partial charge in [-0.2, -0.15) is 11.8 Å². The van der Waals surface area contributed by atoms with Gasteiger partial charge in [-0.1, -0.05) is 51.9 Å². The second-order valence-electron chi connectivity index (χ2n) is 5.74. The molecule has 0 aliphatic rings.